The molecule has 0 fully saturated rings. The third-order valence-electron chi connectivity index (χ3n) is 5.55. The molecule has 0 saturated carbocycles. The molecule has 2 unspecified atom stereocenters. The van der Waals surface area contributed by atoms with E-state index in [0.717, 1.165) is 11.3 Å². The van der Waals surface area contributed by atoms with E-state index in [1.807, 2.05) is 79.7 Å². The number of halogens is 1. The number of nitrogens with zero attached hydrogens (tertiary/aromatic N) is 2. The molecular formula is C25H23ClN2O2. The van der Waals surface area contributed by atoms with Gasteiger partial charge in [0.1, 0.15) is 0 Å². The summed E-state index contributed by atoms with van der Waals surface area (Å²) in [6, 6.07) is 24.1. The first kappa shape index (κ1) is 20.2. The van der Waals surface area contributed by atoms with Gasteiger partial charge < -0.3 is 9.80 Å². The number of hydrogen-bond acceptors (Lipinski definition) is 2. The summed E-state index contributed by atoms with van der Waals surface area (Å²) in [4.78, 5) is 29.7. The van der Waals surface area contributed by atoms with Crippen LogP contribution < -0.4 is 9.80 Å². The molecule has 2 amide bonds. The van der Waals surface area contributed by atoms with Crippen LogP contribution in [0, 0.1) is 0 Å². The fraction of sp³-hybridized carbons (Fsp3) is 0.200. The van der Waals surface area contributed by atoms with E-state index in [9.17, 15) is 9.59 Å². The lowest BCUT2D eigenvalue weighted by Gasteiger charge is -2.43. The molecule has 0 spiro atoms. The number of carbonyl (C=O) groups is 2. The zero-order valence-electron chi connectivity index (χ0n) is 17.0. The van der Waals surface area contributed by atoms with Gasteiger partial charge in [-0.2, -0.15) is 0 Å². The Kier molecular flexibility index (Phi) is 5.60. The minimum Gasteiger partial charge on any atom is -0.305 e. The summed E-state index contributed by atoms with van der Waals surface area (Å²) in [5.41, 5.74) is 3.00. The van der Waals surface area contributed by atoms with Crippen LogP contribution in [0.15, 0.2) is 78.9 Å². The molecule has 1 aliphatic heterocycles. The van der Waals surface area contributed by atoms with Crippen LogP contribution in [0.3, 0.4) is 0 Å². The average molecular weight is 419 g/mol. The summed E-state index contributed by atoms with van der Waals surface area (Å²) < 4.78 is 0. The highest BCUT2D eigenvalue weighted by Gasteiger charge is 2.39. The topological polar surface area (TPSA) is 40.6 Å². The molecule has 0 N–H and O–H groups in total. The van der Waals surface area contributed by atoms with Gasteiger partial charge in [0.05, 0.1) is 16.8 Å². The maximum Gasteiger partial charge on any atom is 0.258 e. The van der Waals surface area contributed by atoms with Crippen LogP contribution in [0.5, 0.6) is 0 Å². The number of anilines is 2. The van der Waals surface area contributed by atoms with Crippen molar-refractivity contribution in [3.63, 3.8) is 0 Å². The molecule has 152 valence electrons. The molecule has 0 aliphatic carbocycles. The van der Waals surface area contributed by atoms with E-state index in [2.05, 4.69) is 0 Å². The second kappa shape index (κ2) is 8.33. The van der Waals surface area contributed by atoms with Crippen molar-refractivity contribution in [2.75, 3.05) is 9.80 Å². The molecular weight excluding hydrogens is 396 g/mol. The molecule has 1 aliphatic rings. The molecule has 0 saturated heterocycles. The van der Waals surface area contributed by atoms with E-state index in [-0.39, 0.29) is 23.9 Å². The number of amides is 2. The van der Waals surface area contributed by atoms with Gasteiger partial charge in [-0.1, -0.05) is 60.1 Å². The first-order chi connectivity index (χ1) is 14.5. The summed E-state index contributed by atoms with van der Waals surface area (Å²) >= 11 is 6.63. The van der Waals surface area contributed by atoms with Gasteiger partial charge in [-0.3, -0.25) is 9.59 Å². The lowest BCUT2D eigenvalue weighted by Crippen LogP contribution is -2.47. The van der Waals surface area contributed by atoms with Crippen molar-refractivity contribution in [3.8, 4) is 0 Å². The molecule has 4 nitrogen and oxygen atoms in total. The van der Waals surface area contributed by atoms with E-state index in [1.165, 1.54) is 0 Å². The summed E-state index contributed by atoms with van der Waals surface area (Å²) in [5, 5.41) is 0.505. The van der Waals surface area contributed by atoms with Crippen LogP contribution in [0.25, 0.3) is 0 Å². The van der Waals surface area contributed by atoms with Crippen LogP contribution in [0.4, 0.5) is 11.4 Å². The van der Waals surface area contributed by atoms with E-state index in [1.54, 1.807) is 22.8 Å². The molecule has 0 aromatic heterocycles. The highest BCUT2D eigenvalue weighted by Crippen LogP contribution is 2.45. The van der Waals surface area contributed by atoms with Crippen LogP contribution in [-0.4, -0.2) is 17.9 Å². The lowest BCUT2D eigenvalue weighted by molar-refractivity contribution is -0.117. The van der Waals surface area contributed by atoms with Crippen molar-refractivity contribution in [1.29, 1.82) is 0 Å². The number of para-hydroxylation sites is 2. The second-order valence-electron chi connectivity index (χ2n) is 7.54. The van der Waals surface area contributed by atoms with E-state index < -0.39 is 0 Å². The van der Waals surface area contributed by atoms with E-state index in [0.29, 0.717) is 22.7 Å². The Labute approximate surface area is 181 Å². The van der Waals surface area contributed by atoms with Crippen molar-refractivity contribution in [2.45, 2.75) is 32.4 Å². The zero-order valence-corrected chi connectivity index (χ0v) is 17.7. The number of carbonyl (C=O) groups excluding carboxylic acids is 2. The van der Waals surface area contributed by atoms with Gasteiger partial charge >= 0.3 is 0 Å². The van der Waals surface area contributed by atoms with Gasteiger partial charge in [0, 0.05) is 29.8 Å². The third-order valence-corrected chi connectivity index (χ3v) is 5.85. The van der Waals surface area contributed by atoms with Gasteiger partial charge in [-0.25, -0.2) is 0 Å². The summed E-state index contributed by atoms with van der Waals surface area (Å²) in [5.74, 6) is -0.142. The molecule has 3 aromatic carbocycles. The van der Waals surface area contributed by atoms with Crippen LogP contribution in [0.2, 0.25) is 5.02 Å². The first-order valence-electron chi connectivity index (χ1n) is 10.0. The number of rotatable bonds is 3. The standard InChI is InChI=1S/C25H23ClN2O2/c1-17-16-23(28(18(2)29)20-12-7-4-8-13-20)21-14-9-15-22(26)24(21)27(17)25(30)19-10-5-3-6-11-19/h3-15,17,23H,16H2,1-2H3. The van der Waals surface area contributed by atoms with Gasteiger partial charge in [-0.15, -0.1) is 0 Å². The first-order valence-corrected chi connectivity index (χ1v) is 10.4. The van der Waals surface area contributed by atoms with Gasteiger partial charge in [0.2, 0.25) is 5.91 Å². The van der Waals surface area contributed by atoms with Crippen LogP contribution >= 0.6 is 11.6 Å². The van der Waals surface area contributed by atoms with E-state index >= 15 is 0 Å². The van der Waals surface area contributed by atoms with Crippen molar-refractivity contribution < 1.29 is 9.59 Å². The number of fused-ring (bicyclic) bond motifs is 1. The quantitative estimate of drug-likeness (QED) is 0.533. The van der Waals surface area contributed by atoms with Crippen molar-refractivity contribution in [3.05, 3.63) is 95.0 Å². The Bertz CT molecular complexity index is 1070. The average Bonchev–Trinajstić information content (AvgIpc) is 2.75. The Morgan fingerprint density at radius 3 is 2.20 bits per heavy atom. The van der Waals surface area contributed by atoms with Crippen LogP contribution in [-0.2, 0) is 4.79 Å². The minimum atomic E-state index is -0.214. The molecule has 30 heavy (non-hydrogen) atoms. The predicted molar refractivity (Wildman–Crippen MR) is 121 cm³/mol. The summed E-state index contributed by atoms with van der Waals surface area (Å²) in [7, 11) is 0. The fourth-order valence-electron chi connectivity index (χ4n) is 4.27. The Morgan fingerprint density at radius 2 is 1.57 bits per heavy atom. The molecule has 0 bridgehead atoms. The second-order valence-corrected chi connectivity index (χ2v) is 7.95. The molecule has 4 rings (SSSR count). The monoisotopic (exact) mass is 418 g/mol. The SMILES string of the molecule is CC(=O)N(c1ccccc1)C1CC(C)N(C(=O)c2ccccc2)c2c(Cl)cccc21. The lowest BCUT2D eigenvalue weighted by atomic mass is 9.89. The Hall–Kier alpha value is -3.11. The third kappa shape index (κ3) is 3.59. The minimum absolute atomic E-state index is 0.0489. The fourth-order valence-corrected chi connectivity index (χ4v) is 4.54. The molecule has 2 atom stereocenters. The summed E-state index contributed by atoms with van der Waals surface area (Å²) in [6.07, 6.45) is 0.611. The smallest absolute Gasteiger partial charge is 0.258 e. The largest absolute Gasteiger partial charge is 0.305 e. The number of hydrogen-bond donors (Lipinski definition) is 0. The molecule has 1 heterocycles. The van der Waals surface area contributed by atoms with Crippen LogP contribution in [0.1, 0.15) is 42.2 Å². The van der Waals surface area contributed by atoms with Gasteiger partial charge in [-0.05, 0) is 43.7 Å². The van der Waals surface area contributed by atoms with Gasteiger partial charge in [0.15, 0.2) is 0 Å². The maximum absolute atomic E-state index is 13.4. The molecule has 3 aromatic rings. The Morgan fingerprint density at radius 1 is 0.933 bits per heavy atom. The van der Waals surface area contributed by atoms with Crippen molar-refractivity contribution in [2.24, 2.45) is 0 Å². The predicted octanol–water partition coefficient (Wildman–Crippen LogP) is 5.87. The normalized spacial score (nSPS) is 17.9. The molecule has 0 radical (unpaired) electrons. The highest BCUT2D eigenvalue weighted by atomic mass is 35.5. The van der Waals surface area contributed by atoms with Crippen molar-refractivity contribution >= 4 is 34.8 Å². The van der Waals surface area contributed by atoms with Gasteiger partial charge in [0.25, 0.3) is 5.91 Å². The number of benzene rings is 3. The maximum atomic E-state index is 13.4. The molecule has 5 heteroatoms. The highest BCUT2D eigenvalue weighted by molar-refractivity contribution is 6.34. The zero-order chi connectivity index (χ0) is 21.3. The van der Waals surface area contributed by atoms with Crippen molar-refractivity contribution in [1.82, 2.24) is 0 Å². The summed E-state index contributed by atoms with van der Waals surface area (Å²) in [6.45, 7) is 3.58. The Balaban J connectivity index is 1.84. The van der Waals surface area contributed by atoms with E-state index in [4.69, 9.17) is 11.6 Å².